The van der Waals surface area contributed by atoms with Crippen LogP contribution in [0.2, 0.25) is 5.02 Å². The number of rotatable bonds is 9. The lowest BCUT2D eigenvalue weighted by Crippen LogP contribution is -2.38. The molecule has 1 saturated carbocycles. The van der Waals surface area contributed by atoms with Gasteiger partial charge >= 0.3 is 10.3 Å². The molecule has 0 radical (unpaired) electrons. The van der Waals surface area contributed by atoms with Crippen molar-refractivity contribution in [3.05, 3.63) is 69.3 Å². The summed E-state index contributed by atoms with van der Waals surface area (Å²) in [5.41, 5.74) is 1.16. The third-order valence-corrected chi connectivity index (χ3v) is 7.82. The molecule has 15 heteroatoms. The number of carbonyl (C=O) groups is 1. The van der Waals surface area contributed by atoms with Gasteiger partial charge < -0.3 is 15.5 Å². The molecule has 4 rings (SSSR count). The van der Waals surface area contributed by atoms with Gasteiger partial charge in [0.25, 0.3) is 0 Å². The Balaban J connectivity index is 1.49. The number of aliphatic hydroxyl groups excluding tert-OH is 2. The molecule has 4 atom stereocenters. The first-order chi connectivity index (χ1) is 17.1. The van der Waals surface area contributed by atoms with Crippen molar-refractivity contribution in [3.8, 4) is 0 Å². The number of ketones is 1. The van der Waals surface area contributed by atoms with E-state index in [4.69, 9.17) is 15.8 Å². The summed E-state index contributed by atoms with van der Waals surface area (Å²) in [7, 11) is -2.92. The van der Waals surface area contributed by atoms with E-state index in [1.165, 1.54) is 12.5 Å². The van der Waals surface area contributed by atoms with Crippen LogP contribution in [0.3, 0.4) is 0 Å². The van der Waals surface area contributed by atoms with Gasteiger partial charge in [0.1, 0.15) is 36.2 Å². The fraction of sp³-hybridized carbons (Fsp3) is 0.333. The summed E-state index contributed by atoms with van der Waals surface area (Å²) in [5, 5.41) is 28.5. The SMILES string of the molecule is CNS(=O)(=O)O[C@@H]1C[C@@H](Nc2ncncc2C(=O)c2ccn(Cc3ccc(Cl)c(Br)c3)n2)[C@H](O)[C@H]1O. The topological polar surface area (TPSA) is 169 Å². The Morgan fingerprint density at radius 3 is 2.81 bits per heavy atom. The van der Waals surface area contributed by atoms with Gasteiger partial charge in [-0.1, -0.05) is 17.7 Å². The molecular weight excluding hydrogens is 580 g/mol. The summed E-state index contributed by atoms with van der Waals surface area (Å²) in [6.07, 6.45) is 0.0741. The van der Waals surface area contributed by atoms with Crippen LogP contribution < -0.4 is 10.0 Å². The zero-order valence-electron chi connectivity index (χ0n) is 18.7. The van der Waals surface area contributed by atoms with E-state index in [-0.39, 0.29) is 23.5 Å². The number of hydrogen-bond donors (Lipinski definition) is 4. The van der Waals surface area contributed by atoms with Crippen molar-refractivity contribution in [2.24, 2.45) is 0 Å². The lowest BCUT2D eigenvalue weighted by molar-refractivity contribution is -0.00882. The van der Waals surface area contributed by atoms with E-state index in [1.54, 1.807) is 23.0 Å². The fourth-order valence-corrected chi connectivity index (χ4v) is 4.92. The molecule has 0 unspecified atom stereocenters. The van der Waals surface area contributed by atoms with Gasteiger partial charge in [-0.2, -0.15) is 18.2 Å². The number of nitrogens with one attached hydrogen (secondary N) is 2. The van der Waals surface area contributed by atoms with E-state index < -0.39 is 40.4 Å². The van der Waals surface area contributed by atoms with Gasteiger partial charge in [0.05, 0.1) is 23.2 Å². The van der Waals surface area contributed by atoms with Crippen molar-refractivity contribution >= 4 is 49.4 Å². The molecule has 0 bridgehead atoms. The second-order valence-corrected chi connectivity index (χ2v) is 10.8. The quantitative estimate of drug-likeness (QED) is 0.261. The van der Waals surface area contributed by atoms with Gasteiger partial charge in [0.15, 0.2) is 0 Å². The smallest absolute Gasteiger partial charge is 0.335 e. The first-order valence-corrected chi connectivity index (χ1v) is 13.2. The van der Waals surface area contributed by atoms with E-state index in [9.17, 15) is 23.4 Å². The predicted octanol–water partition coefficient (Wildman–Crippen LogP) is 1.12. The normalized spacial score (nSPS) is 22.0. The number of carbonyl (C=O) groups excluding carboxylic acids is 1. The van der Waals surface area contributed by atoms with E-state index >= 15 is 0 Å². The maximum absolute atomic E-state index is 13.2. The van der Waals surface area contributed by atoms with Crippen molar-refractivity contribution < 1.29 is 27.6 Å². The second-order valence-electron chi connectivity index (χ2n) is 8.02. The molecule has 2 heterocycles. The minimum Gasteiger partial charge on any atom is -0.388 e. The van der Waals surface area contributed by atoms with Crippen molar-refractivity contribution in [1.82, 2.24) is 24.5 Å². The maximum Gasteiger partial charge on any atom is 0.335 e. The first-order valence-electron chi connectivity index (χ1n) is 10.6. The predicted molar refractivity (Wildman–Crippen MR) is 133 cm³/mol. The van der Waals surface area contributed by atoms with Crippen molar-refractivity contribution in [3.63, 3.8) is 0 Å². The first kappa shape index (κ1) is 26.6. The highest BCUT2D eigenvalue weighted by atomic mass is 79.9. The van der Waals surface area contributed by atoms with Crippen molar-refractivity contribution in [2.45, 2.75) is 37.3 Å². The maximum atomic E-state index is 13.2. The lowest BCUT2D eigenvalue weighted by Gasteiger charge is -2.19. The molecule has 1 aromatic carbocycles. The highest BCUT2D eigenvalue weighted by Crippen LogP contribution is 2.28. The molecule has 0 saturated heterocycles. The highest BCUT2D eigenvalue weighted by Gasteiger charge is 2.44. The van der Waals surface area contributed by atoms with Crippen LogP contribution in [0.4, 0.5) is 5.82 Å². The van der Waals surface area contributed by atoms with E-state index in [0.717, 1.165) is 17.1 Å². The number of aromatic nitrogens is 4. The van der Waals surface area contributed by atoms with Gasteiger partial charge in [0, 0.05) is 30.3 Å². The molecule has 0 aliphatic heterocycles. The molecule has 1 fully saturated rings. The summed E-state index contributed by atoms with van der Waals surface area (Å²) in [6, 6.07) is 6.18. The number of nitrogens with zero attached hydrogens (tertiary/aromatic N) is 4. The number of hydrogen-bond acceptors (Lipinski definition) is 10. The Morgan fingerprint density at radius 1 is 1.31 bits per heavy atom. The Labute approximate surface area is 220 Å². The van der Waals surface area contributed by atoms with Crippen LogP contribution in [-0.2, 0) is 21.0 Å². The molecule has 36 heavy (non-hydrogen) atoms. The largest absolute Gasteiger partial charge is 0.388 e. The minimum atomic E-state index is -4.09. The summed E-state index contributed by atoms with van der Waals surface area (Å²) < 4.78 is 32.6. The number of aliphatic hydroxyl groups is 2. The number of anilines is 1. The van der Waals surface area contributed by atoms with Crippen LogP contribution in [0.25, 0.3) is 0 Å². The monoisotopic (exact) mass is 600 g/mol. The molecule has 3 aromatic rings. The fourth-order valence-electron chi connectivity index (χ4n) is 3.76. The lowest BCUT2D eigenvalue weighted by atomic mass is 10.1. The summed E-state index contributed by atoms with van der Waals surface area (Å²) in [6.45, 7) is 0.405. The molecule has 0 amide bonds. The Bertz CT molecular complexity index is 1370. The van der Waals surface area contributed by atoms with Gasteiger partial charge in [0.2, 0.25) is 5.78 Å². The molecule has 192 valence electrons. The van der Waals surface area contributed by atoms with Crippen LogP contribution in [0, 0.1) is 0 Å². The second kappa shape index (κ2) is 10.9. The van der Waals surface area contributed by atoms with Gasteiger partial charge in [-0.3, -0.25) is 13.7 Å². The average Bonchev–Trinajstić information content (AvgIpc) is 3.41. The van der Waals surface area contributed by atoms with Gasteiger partial charge in [-0.15, -0.1) is 0 Å². The van der Waals surface area contributed by atoms with Crippen LogP contribution in [0.1, 0.15) is 28.0 Å². The van der Waals surface area contributed by atoms with Crippen molar-refractivity contribution in [1.29, 1.82) is 0 Å². The number of halogens is 2. The molecular formula is C21H22BrClN6O6S. The summed E-state index contributed by atoms with van der Waals surface area (Å²) >= 11 is 9.42. The third-order valence-electron chi connectivity index (χ3n) is 5.61. The van der Waals surface area contributed by atoms with Crippen molar-refractivity contribution in [2.75, 3.05) is 12.4 Å². The Kier molecular flexibility index (Phi) is 8.04. The van der Waals surface area contributed by atoms with Crippen LogP contribution in [-0.4, -0.2) is 75.6 Å². The third kappa shape index (κ3) is 5.91. The molecule has 0 spiro atoms. The molecule has 1 aliphatic rings. The van der Waals surface area contributed by atoms with Gasteiger partial charge in [-0.05, 0) is 39.7 Å². The van der Waals surface area contributed by atoms with E-state index in [1.807, 2.05) is 16.9 Å². The van der Waals surface area contributed by atoms with Gasteiger partial charge in [-0.25, -0.2) is 9.97 Å². The standard InChI is InChI=1S/C21H22BrClN6O6S/c1-24-36(33,34)35-17-7-16(19(31)20(17)32)27-21-12(8-25-10-26-21)18(30)15-4-5-29(28-15)9-11-2-3-14(23)13(22)6-11/h2-6,8,10,16-17,19-20,24,31-32H,7,9H2,1H3,(H,25,26,27)/t16-,17-,19+,20+/m1/s1. The molecule has 2 aromatic heterocycles. The van der Waals surface area contributed by atoms with E-state index in [2.05, 4.69) is 36.3 Å². The minimum absolute atomic E-state index is 0.0633. The summed E-state index contributed by atoms with van der Waals surface area (Å²) in [4.78, 5) is 21.2. The molecule has 1 aliphatic carbocycles. The number of benzene rings is 1. The zero-order chi connectivity index (χ0) is 26.0. The van der Waals surface area contributed by atoms with Crippen LogP contribution in [0.15, 0.2) is 47.5 Å². The Morgan fingerprint density at radius 2 is 2.08 bits per heavy atom. The van der Waals surface area contributed by atoms with Crippen LogP contribution >= 0.6 is 27.5 Å². The Hall–Kier alpha value is -2.46. The molecule has 12 nitrogen and oxygen atoms in total. The highest BCUT2D eigenvalue weighted by molar-refractivity contribution is 9.10. The van der Waals surface area contributed by atoms with E-state index in [0.29, 0.717) is 11.6 Å². The summed E-state index contributed by atoms with van der Waals surface area (Å²) in [5.74, 6) is -0.368. The molecule has 4 N–H and O–H groups in total. The zero-order valence-corrected chi connectivity index (χ0v) is 21.9. The average molecular weight is 602 g/mol. The van der Waals surface area contributed by atoms with Crippen LogP contribution in [0.5, 0.6) is 0 Å².